The van der Waals surface area contributed by atoms with E-state index >= 15 is 0 Å². The molecular formula is C42H25NO. The molecule has 2 aromatic heterocycles. The number of benzene rings is 8. The van der Waals surface area contributed by atoms with Crippen LogP contribution in [0.1, 0.15) is 0 Å². The van der Waals surface area contributed by atoms with Crippen molar-refractivity contribution in [2.75, 3.05) is 0 Å². The van der Waals surface area contributed by atoms with Gasteiger partial charge in [0.05, 0.1) is 16.4 Å². The van der Waals surface area contributed by atoms with Gasteiger partial charge in [0.1, 0.15) is 11.2 Å². The minimum Gasteiger partial charge on any atom is -0.455 e. The van der Waals surface area contributed by atoms with Crippen LogP contribution in [-0.4, -0.2) is 4.57 Å². The summed E-state index contributed by atoms with van der Waals surface area (Å²) in [5.41, 5.74) is 7.82. The lowest BCUT2D eigenvalue weighted by atomic mass is 9.93. The third-order valence-electron chi connectivity index (χ3n) is 9.36. The molecule has 0 N–H and O–H groups in total. The summed E-state index contributed by atoms with van der Waals surface area (Å²) in [5, 5.41) is 12.2. The lowest BCUT2D eigenvalue weighted by Gasteiger charge is -2.13. The van der Waals surface area contributed by atoms with E-state index in [0.717, 1.165) is 33.0 Å². The molecule has 0 aliphatic heterocycles. The van der Waals surface area contributed by atoms with Crippen molar-refractivity contribution in [2.45, 2.75) is 0 Å². The maximum atomic E-state index is 6.60. The second-order valence-electron chi connectivity index (χ2n) is 11.7. The molecule has 10 rings (SSSR count). The molecule has 0 radical (unpaired) electrons. The maximum Gasteiger partial charge on any atom is 0.143 e. The van der Waals surface area contributed by atoms with Gasteiger partial charge in [0, 0.05) is 27.2 Å². The lowest BCUT2D eigenvalue weighted by molar-refractivity contribution is 0.673. The van der Waals surface area contributed by atoms with E-state index in [2.05, 4.69) is 156 Å². The minimum atomic E-state index is 0.909. The number of nitrogens with zero attached hydrogens (tertiary/aromatic N) is 1. The van der Waals surface area contributed by atoms with Gasteiger partial charge < -0.3 is 8.98 Å². The van der Waals surface area contributed by atoms with Crippen molar-refractivity contribution in [2.24, 2.45) is 0 Å². The first kappa shape index (κ1) is 23.7. The van der Waals surface area contributed by atoms with Gasteiger partial charge in [0.15, 0.2) is 0 Å². The predicted octanol–water partition coefficient (Wildman–Crippen LogP) is 11.8. The Morgan fingerprint density at radius 2 is 1.09 bits per heavy atom. The molecule has 0 aliphatic carbocycles. The van der Waals surface area contributed by atoms with Gasteiger partial charge in [-0.05, 0) is 80.5 Å². The van der Waals surface area contributed by atoms with E-state index in [1.807, 2.05) is 0 Å². The van der Waals surface area contributed by atoms with Crippen molar-refractivity contribution in [3.05, 3.63) is 152 Å². The SMILES string of the molecule is c1ccc2c(c1)cc(-c1ccc(-n3c4ccccc4c4ccc5oc6c7ccccc7ccc6c5c43)cc1)c1ccccc12. The molecule has 0 atom stereocenters. The van der Waals surface area contributed by atoms with Crippen LogP contribution in [-0.2, 0) is 0 Å². The molecule has 2 nitrogen and oxygen atoms in total. The summed E-state index contributed by atoms with van der Waals surface area (Å²) in [6.45, 7) is 0. The minimum absolute atomic E-state index is 0.909. The zero-order chi connectivity index (χ0) is 28.8. The third kappa shape index (κ3) is 3.20. The largest absolute Gasteiger partial charge is 0.455 e. The molecule has 0 bridgehead atoms. The molecular weight excluding hydrogens is 534 g/mol. The molecule has 8 aromatic carbocycles. The third-order valence-corrected chi connectivity index (χ3v) is 9.36. The lowest BCUT2D eigenvalue weighted by Crippen LogP contribution is -1.94. The molecule has 0 amide bonds. The van der Waals surface area contributed by atoms with Crippen LogP contribution >= 0.6 is 0 Å². The molecule has 0 fully saturated rings. The van der Waals surface area contributed by atoms with Gasteiger partial charge in [0.2, 0.25) is 0 Å². The summed E-state index contributed by atoms with van der Waals surface area (Å²) in [6, 6.07) is 54.8. The van der Waals surface area contributed by atoms with Crippen molar-refractivity contribution in [3.63, 3.8) is 0 Å². The van der Waals surface area contributed by atoms with Gasteiger partial charge in [0.25, 0.3) is 0 Å². The molecule has 204 valence electrons. The van der Waals surface area contributed by atoms with Crippen molar-refractivity contribution in [1.29, 1.82) is 0 Å². The standard InChI is InChI=1S/C42H25NO/c1-4-12-31-26(9-1)19-22-36-40-39(44-42(31)36)24-23-35-34-15-7-8-16-38(34)43(41(35)40)29-20-17-27(18-21-29)37-25-28-10-2-3-11-30(28)32-13-5-6-14-33(32)37/h1-25H. The van der Waals surface area contributed by atoms with Crippen LogP contribution in [0.4, 0.5) is 0 Å². The molecule has 2 heteroatoms. The maximum absolute atomic E-state index is 6.60. The normalized spacial score (nSPS) is 12.1. The Morgan fingerprint density at radius 1 is 0.432 bits per heavy atom. The molecule has 0 saturated carbocycles. The Balaban J connectivity index is 1.25. The number of furan rings is 1. The van der Waals surface area contributed by atoms with Gasteiger partial charge in [-0.2, -0.15) is 0 Å². The van der Waals surface area contributed by atoms with Crippen molar-refractivity contribution >= 4 is 76.1 Å². The fraction of sp³-hybridized carbons (Fsp3) is 0. The van der Waals surface area contributed by atoms with Crippen LogP contribution in [0.25, 0.3) is 92.9 Å². The van der Waals surface area contributed by atoms with E-state index in [1.165, 1.54) is 59.9 Å². The zero-order valence-electron chi connectivity index (χ0n) is 23.8. The summed E-state index contributed by atoms with van der Waals surface area (Å²) >= 11 is 0. The predicted molar refractivity (Wildman–Crippen MR) is 186 cm³/mol. The van der Waals surface area contributed by atoms with Gasteiger partial charge >= 0.3 is 0 Å². The van der Waals surface area contributed by atoms with E-state index in [-0.39, 0.29) is 0 Å². The van der Waals surface area contributed by atoms with Crippen molar-refractivity contribution in [1.82, 2.24) is 4.57 Å². The highest BCUT2D eigenvalue weighted by atomic mass is 16.3. The number of rotatable bonds is 2. The summed E-state index contributed by atoms with van der Waals surface area (Å²) in [7, 11) is 0. The number of aromatic nitrogens is 1. The number of hydrogen-bond donors (Lipinski definition) is 0. The van der Waals surface area contributed by atoms with E-state index in [4.69, 9.17) is 4.42 Å². The Bertz CT molecular complexity index is 2760. The molecule has 0 unspecified atom stereocenters. The van der Waals surface area contributed by atoms with Crippen molar-refractivity contribution < 1.29 is 4.42 Å². The highest BCUT2D eigenvalue weighted by Gasteiger charge is 2.20. The van der Waals surface area contributed by atoms with E-state index < -0.39 is 0 Å². The first-order chi connectivity index (χ1) is 21.8. The Morgan fingerprint density at radius 3 is 1.93 bits per heavy atom. The van der Waals surface area contributed by atoms with Gasteiger partial charge in [-0.3, -0.25) is 0 Å². The van der Waals surface area contributed by atoms with Crippen LogP contribution in [0.15, 0.2) is 156 Å². The Kier molecular flexibility index (Phi) is 4.75. The fourth-order valence-electron chi connectivity index (χ4n) is 7.40. The summed E-state index contributed by atoms with van der Waals surface area (Å²) in [6.07, 6.45) is 0. The van der Waals surface area contributed by atoms with E-state index in [1.54, 1.807) is 0 Å². The number of fused-ring (bicyclic) bond motifs is 12. The number of para-hydroxylation sites is 1. The average molecular weight is 560 g/mol. The highest BCUT2D eigenvalue weighted by Crippen LogP contribution is 2.43. The van der Waals surface area contributed by atoms with Crippen LogP contribution < -0.4 is 0 Å². The fourth-order valence-corrected chi connectivity index (χ4v) is 7.40. The van der Waals surface area contributed by atoms with E-state index in [0.29, 0.717) is 0 Å². The molecule has 0 aliphatic rings. The molecule has 2 heterocycles. The Labute approximate surface area is 253 Å². The number of hydrogen-bond acceptors (Lipinski definition) is 1. The Hall–Kier alpha value is -5.86. The van der Waals surface area contributed by atoms with Crippen LogP contribution in [0, 0.1) is 0 Å². The van der Waals surface area contributed by atoms with Crippen LogP contribution in [0.2, 0.25) is 0 Å². The molecule has 0 saturated heterocycles. The first-order valence-corrected chi connectivity index (χ1v) is 15.1. The monoisotopic (exact) mass is 559 g/mol. The van der Waals surface area contributed by atoms with Gasteiger partial charge in [-0.15, -0.1) is 0 Å². The first-order valence-electron chi connectivity index (χ1n) is 15.1. The van der Waals surface area contributed by atoms with Gasteiger partial charge in [-0.1, -0.05) is 109 Å². The van der Waals surface area contributed by atoms with E-state index in [9.17, 15) is 0 Å². The molecule has 44 heavy (non-hydrogen) atoms. The summed E-state index contributed by atoms with van der Waals surface area (Å²) < 4.78 is 9.02. The highest BCUT2D eigenvalue weighted by molar-refractivity contribution is 6.27. The molecule has 0 spiro atoms. The van der Waals surface area contributed by atoms with Crippen LogP contribution in [0.5, 0.6) is 0 Å². The van der Waals surface area contributed by atoms with Crippen LogP contribution in [0.3, 0.4) is 0 Å². The smallest absolute Gasteiger partial charge is 0.143 e. The molecule has 10 aromatic rings. The summed E-state index contributed by atoms with van der Waals surface area (Å²) in [4.78, 5) is 0. The van der Waals surface area contributed by atoms with Crippen molar-refractivity contribution in [3.8, 4) is 16.8 Å². The second-order valence-corrected chi connectivity index (χ2v) is 11.7. The zero-order valence-corrected chi connectivity index (χ0v) is 23.8. The van der Waals surface area contributed by atoms with Gasteiger partial charge in [-0.25, -0.2) is 0 Å². The second kappa shape index (κ2) is 8.82. The quantitative estimate of drug-likeness (QED) is 0.193. The topological polar surface area (TPSA) is 18.1 Å². The average Bonchev–Trinajstić information content (AvgIpc) is 3.64. The summed E-state index contributed by atoms with van der Waals surface area (Å²) in [5.74, 6) is 0.